The largest absolute Gasteiger partial charge is 0.394 e. The predicted octanol–water partition coefficient (Wildman–Crippen LogP) is -4.50. The molecule has 1 aromatic carbocycles. The van der Waals surface area contributed by atoms with Gasteiger partial charge in [-0.05, 0) is 67.4 Å². The average Bonchev–Trinajstić information content (AvgIpc) is 1.24. The maximum Gasteiger partial charge on any atom is 0.248 e. The minimum atomic E-state index is -2.53. The Morgan fingerprint density at radius 2 is 1.24 bits per heavy atom. The Morgan fingerprint density at radius 1 is 0.703 bits per heavy atom. The van der Waals surface area contributed by atoms with Gasteiger partial charge in [-0.2, -0.15) is 0 Å². The average molecular weight is 1310 g/mol. The van der Waals surface area contributed by atoms with Crippen LogP contribution in [0.3, 0.4) is 0 Å². The monoisotopic (exact) mass is 1300 g/mol. The van der Waals surface area contributed by atoms with Crippen LogP contribution >= 0.6 is 0 Å². The number of nitrogens with one attached hydrogen (secondary N) is 13. The first-order valence-electron chi connectivity index (χ1n) is 30.8. The molecule has 0 saturated carbocycles. The van der Waals surface area contributed by atoms with Gasteiger partial charge in [0.15, 0.2) is 12.1 Å². The maximum atomic E-state index is 15.5. The maximum absolute atomic E-state index is 15.5. The molecule has 11 amide bonds. The van der Waals surface area contributed by atoms with Crippen molar-refractivity contribution in [3.63, 3.8) is 0 Å². The van der Waals surface area contributed by atoms with Crippen LogP contribution in [0.4, 0.5) is 0 Å². The van der Waals surface area contributed by atoms with Crippen molar-refractivity contribution in [1.82, 2.24) is 63.8 Å². The van der Waals surface area contributed by atoms with E-state index in [2.05, 4.69) is 78.1 Å². The van der Waals surface area contributed by atoms with Crippen molar-refractivity contribution < 1.29 is 73.2 Å². The topological polar surface area (TPSA) is 515 Å². The lowest BCUT2D eigenvalue weighted by Crippen LogP contribution is -2.65. The molecule has 0 spiro atoms. The van der Waals surface area contributed by atoms with E-state index >= 15 is 9.59 Å². The third-order valence-electron chi connectivity index (χ3n) is 14.9. The molecule has 31 nitrogen and oxygen atoms in total. The van der Waals surface area contributed by atoms with E-state index in [1.54, 1.807) is 33.8 Å². The summed E-state index contributed by atoms with van der Waals surface area (Å²) in [5.41, 5.74) is 17.0. The summed E-state index contributed by atoms with van der Waals surface area (Å²) in [6.45, 7) is 20.8. The zero-order valence-electron chi connectivity index (χ0n) is 54.8. The van der Waals surface area contributed by atoms with Crippen molar-refractivity contribution in [2.24, 2.45) is 40.4 Å². The summed E-state index contributed by atoms with van der Waals surface area (Å²) in [5, 5.41) is 82.4. The van der Waals surface area contributed by atoms with Crippen LogP contribution in [0.5, 0.6) is 0 Å². The molecule has 1 heterocycles. The van der Waals surface area contributed by atoms with Gasteiger partial charge >= 0.3 is 0 Å². The lowest BCUT2D eigenvalue weighted by atomic mass is 9.87. The number of carbonyl (C=O) groups excluding carboxylic acids is 11. The quantitative estimate of drug-likeness (QED) is 0.0213. The number of carbonyl (C=O) groups is 11. The molecule has 1 aromatic rings. The number of guanidine groups is 1. The first kappa shape index (κ1) is 79.7. The summed E-state index contributed by atoms with van der Waals surface area (Å²) in [6.07, 6.45) is -5.74. The van der Waals surface area contributed by atoms with Crippen molar-refractivity contribution in [1.29, 1.82) is 5.41 Å². The number of aliphatic hydroxyl groups is 4. The number of benzene rings is 1. The second kappa shape index (κ2) is 37.2. The van der Waals surface area contributed by atoms with Gasteiger partial charge in [0.05, 0.1) is 37.4 Å². The summed E-state index contributed by atoms with van der Waals surface area (Å²) in [4.78, 5) is 157. The Hall–Kier alpha value is -7.36. The molecule has 0 radical (unpaired) electrons. The summed E-state index contributed by atoms with van der Waals surface area (Å²) in [6, 6.07) is -9.60. The van der Waals surface area contributed by atoms with Crippen LogP contribution in [0.15, 0.2) is 30.3 Å². The van der Waals surface area contributed by atoms with Gasteiger partial charge in [-0.3, -0.25) is 58.1 Å². The molecule has 15 atom stereocenters. The molecule has 0 unspecified atom stereocenters. The highest BCUT2D eigenvalue weighted by Gasteiger charge is 2.43. The number of amides is 11. The fraction of sp³-hybridized carbons (Fsp3) is 0.695. The van der Waals surface area contributed by atoms with E-state index in [9.17, 15) is 63.6 Å². The summed E-state index contributed by atoms with van der Waals surface area (Å²) in [7, 11) is -1.73. The Kier molecular flexibility index (Phi) is 32.6. The van der Waals surface area contributed by atoms with E-state index in [-0.39, 0.29) is 56.7 Å². The molecule has 1 fully saturated rings. The Morgan fingerprint density at radius 3 is 1.77 bits per heavy atom. The van der Waals surface area contributed by atoms with Crippen molar-refractivity contribution in [3.8, 4) is 0 Å². The van der Waals surface area contributed by atoms with Crippen LogP contribution in [0.2, 0.25) is 25.7 Å². The Labute approximate surface area is 533 Å². The van der Waals surface area contributed by atoms with Gasteiger partial charge in [-0.25, -0.2) is 0 Å². The van der Waals surface area contributed by atoms with Crippen LogP contribution in [-0.2, 0) is 52.7 Å². The van der Waals surface area contributed by atoms with E-state index in [0.29, 0.717) is 6.04 Å². The summed E-state index contributed by atoms with van der Waals surface area (Å²) < 4.78 is 0. The van der Waals surface area contributed by atoms with Crippen LogP contribution < -0.4 is 81.0 Å². The van der Waals surface area contributed by atoms with E-state index < -0.39 is 194 Å². The zero-order valence-corrected chi connectivity index (χ0v) is 55.8. The van der Waals surface area contributed by atoms with Crippen molar-refractivity contribution in [2.45, 2.75) is 212 Å². The highest BCUT2D eigenvalue weighted by Crippen LogP contribution is 2.24. The fourth-order valence-corrected chi connectivity index (χ4v) is 11.5. The van der Waals surface area contributed by atoms with Crippen LogP contribution in [0.25, 0.3) is 0 Å². The molecule has 0 bridgehead atoms. The minimum Gasteiger partial charge on any atom is -0.394 e. The molecule has 2 rings (SSSR count). The summed E-state index contributed by atoms with van der Waals surface area (Å²) >= 11 is 0. The number of rotatable bonds is 23. The zero-order chi connectivity index (χ0) is 69.4. The molecule has 1 aliphatic heterocycles. The van der Waals surface area contributed by atoms with E-state index in [4.69, 9.17) is 22.6 Å². The molecule has 514 valence electrons. The van der Waals surface area contributed by atoms with Gasteiger partial charge in [-0.1, -0.05) is 119 Å². The van der Waals surface area contributed by atoms with Gasteiger partial charge in [0, 0.05) is 27.2 Å². The highest BCUT2D eigenvalue weighted by atomic mass is 28.3. The smallest absolute Gasteiger partial charge is 0.248 e. The number of nitrogens with two attached hydrogens (primary N) is 3. The van der Waals surface area contributed by atoms with E-state index in [0.717, 1.165) is 6.92 Å². The first-order chi connectivity index (χ1) is 42.2. The third-order valence-corrected chi connectivity index (χ3v) is 16.6. The molecule has 23 N–H and O–H groups in total. The highest BCUT2D eigenvalue weighted by molar-refractivity contribution is 6.76. The van der Waals surface area contributed by atoms with E-state index in [1.807, 2.05) is 26.1 Å². The minimum absolute atomic E-state index is 0.0343. The lowest BCUT2D eigenvalue weighted by molar-refractivity contribution is -0.140. The van der Waals surface area contributed by atoms with E-state index in [1.165, 1.54) is 38.1 Å². The van der Waals surface area contributed by atoms with Crippen molar-refractivity contribution in [3.05, 3.63) is 35.9 Å². The fourth-order valence-electron chi connectivity index (χ4n) is 9.83. The molecule has 32 heteroatoms. The van der Waals surface area contributed by atoms with Crippen LogP contribution in [0, 0.1) is 28.6 Å². The van der Waals surface area contributed by atoms with Crippen molar-refractivity contribution in [2.75, 3.05) is 26.2 Å². The molecular weight excluding hydrogens is 1200 g/mol. The van der Waals surface area contributed by atoms with Crippen molar-refractivity contribution >= 4 is 79.0 Å². The van der Waals surface area contributed by atoms with Crippen LogP contribution in [-0.4, -0.2) is 204 Å². The molecule has 0 aliphatic carbocycles. The van der Waals surface area contributed by atoms with Gasteiger partial charge in [0.2, 0.25) is 65.0 Å². The molecule has 1 saturated heterocycles. The first-order valence-corrected chi connectivity index (χ1v) is 34.5. The SMILES string of the molecule is CC[C@H](C)[C@@H]1NC(=O)[C@@H](CCCNC(=N)N)NC(=O)[C@H](CC(C)C)NC(=O)[C@H]([C@H](O)C(C)C)NC(=O)[C@@H](NC(=O)[C@H](CC(C)(C)C)NC[C@@H](N)C[Si](C)(C)C)[C@@H](c2ccccc2)NC(=O)[C@H](CO)NC(=O)[C@H]([C@H](O)C(N)=O)NC(=O)CNC(=O)[C@H]([C@H](C)O)NC1=O. The third kappa shape index (κ3) is 27.6. The van der Waals surface area contributed by atoms with Crippen LogP contribution in [0.1, 0.15) is 113 Å². The molecule has 91 heavy (non-hydrogen) atoms. The number of aliphatic hydroxyl groups excluding tert-OH is 4. The number of hydrogen-bond donors (Lipinski definition) is 20. The van der Waals surface area contributed by atoms with Gasteiger partial charge in [-0.15, -0.1) is 0 Å². The second-order valence-electron chi connectivity index (χ2n) is 26.5. The molecular formula is C59H104N16O15Si. The normalized spacial score (nSPS) is 24.9. The standard InChI is InChI=1S/C59H104N16O15Si/c1-14-31(6)40-54(87)72-41(32(7)77)53(86)66-26-39(78)70-45(47(80)48(61)81)57(90)69-38(27-76)52(85)73-42(33-19-16-15-17-20-33)43(74-51(84)37(24-59(8,9)10)65-25-34(60)28-91(11,12)13)55(88)75-44(46(79)30(4)5)56(89)68-36(23-29(2)3)50(83)67-35(49(82)71-40)21-18-22-64-58(62)63/h15-17,19-20,29-32,34-38,40-47,65,76-77,79-80H,14,18,21-28,60H2,1-13H3,(H2,61,81)(H,66,86)(H,67,83)(H,68,89)(H,69,90)(H,70,78)(H,71,82)(H,72,87)(H,73,85)(H,74,84)(H,75,88)(H4,62,63,64)/t31-,32-,34+,35+,36-,37-,38-,40-,41-,42+,43-,44-,45-,46+,47-/m0/s1. The number of primary amides is 1. The Balaban J connectivity index is 3.13. The Bertz CT molecular complexity index is 2640. The summed E-state index contributed by atoms with van der Waals surface area (Å²) in [5.74, 6) is -15.1. The van der Waals surface area contributed by atoms with Gasteiger partial charge < -0.3 is 101 Å². The predicted molar refractivity (Wildman–Crippen MR) is 341 cm³/mol. The van der Waals surface area contributed by atoms with Gasteiger partial charge in [0.1, 0.15) is 48.3 Å². The molecule has 1 aliphatic rings. The number of hydrogen-bond acceptors (Lipinski definition) is 18. The lowest BCUT2D eigenvalue weighted by Gasteiger charge is -2.35. The van der Waals surface area contributed by atoms with Gasteiger partial charge in [0.25, 0.3) is 0 Å². The molecule has 0 aromatic heterocycles. The second-order valence-corrected chi connectivity index (χ2v) is 32.1.